The zero-order chi connectivity index (χ0) is 44.2. The Morgan fingerprint density at radius 2 is 0.820 bits per heavy atom. The van der Waals surface area contributed by atoms with Crippen molar-refractivity contribution in [1.82, 2.24) is 19.6 Å². The molecule has 0 atom stereocenters. The SMILES string of the molecule is CCCCC.CCCCCC.Cc1ccc(CC(=O)OCCC2CCN(CC(=O)N3CCN(C(=O)CN4CCC(CCOC(=O)Cc5ccc(C)cc5)CC4)CC3)CC2)cc1. The highest BCUT2D eigenvalue weighted by molar-refractivity contribution is 5.80. The van der Waals surface area contributed by atoms with Gasteiger partial charge in [0.05, 0.1) is 39.1 Å². The number of likely N-dealkylation sites (tertiary alicyclic amines) is 2. The molecule has 3 aliphatic heterocycles. The van der Waals surface area contributed by atoms with Crippen molar-refractivity contribution < 1.29 is 28.7 Å². The zero-order valence-corrected chi connectivity index (χ0v) is 39.1. The van der Waals surface area contributed by atoms with Gasteiger partial charge in [-0.2, -0.15) is 0 Å². The molecule has 3 aliphatic rings. The standard InChI is InChI=1S/C40H56N4O6.C6H14.C5H12/c1-31-3-7-35(8-4-31)27-39(47)49-25-15-33-11-17-41(18-12-33)29-37(45)43-21-23-44(24-22-43)38(46)30-42-19-13-34(14-20-42)16-26-50-40(48)28-36-9-5-32(2)6-10-36;1-3-5-6-4-2;1-3-5-4-2/h3-10,33-34H,11-30H2,1-2H3;3-6H2,1-2H3;3-5H2,1-2H3. The van der Waals surface area contributed by atoms with E-state index >= 15 is 0 Å². The molecule has 3 fully saturated rings. The summed E-state index contributed by atoms with van der Waals surface area (Å²) < 4.78 is 11.0. The minimum Gasteiger partial charge on any atom is -0.465 e. The minimum atomic E-state index is -0.179. The number of carbonyl (C=O) groups is 4. The van der Waals surface area contributed by atoms with E-state index in [0.717, 1.165) is 75.8 Å². The van der Waals surface area contributed by atoms with Gasteiger partial charge in [-0.25, -0.2) is 0 Å². The van der Waals surface area contributed by atoms with Crippen molar-refractivity contribution in [3.63, 3.8) is 0 Å². The summed E-state index contributed by atoms with van der Waals surface area (Å²) in [5.74, 6) is 0.941. The Bertz CT molecular complexity index is 1390. The molecule has 0 aliphatic carbocycles. The fraction of sp³-hybridized carbons (Fsp3) is 0.686. The van der Waals surface area contributed by atoms with E-state index in [1.165, 1.54) is 56.1 Å². The number of hydrogen-bond donors (Lipinski definition) is 0. The normalized spacial score (nSPS) is 16.5. The largest absolute Gasteiger partial charge is 0.465 e. The number of piperidine rings is 2. The molecule has 0 spiro atoms. The third-order valence-corrected chi connectivity index (χ3v) is 12.3. The van der Waals surface area contributed by atoms with Crippen LogP contribution in [0, 0.1) is 25.7 Å². The molecule has 2 aromatic rings. The third kappa shape index (κ3) is 21.7. The Hall–Kier alpha value is -3.76. The number of benzene rings is 2. The van der Waals surface area contributed by atoms with Crippen molar-refractivity contribution in [2.75, 3.05) is 78.7 Å². The van der Waals surface area contributed by atoms with Crippen LogP contribution in [-0.2, 0) is 41.5 Å². The van der Waals surface area contributed by atoms with E-state index < -0.39 is 0 Å². The smallest absolute Gasteiger partial charge is 0.310 e. The van der Waals surface area contributed by atoms with Gasteiger partial charge in [0.1, 0.15) is 0 Å². The van der Waals surface area contributed by atoms with E-state index in [1.54, 1.807) is 0 Å². The minimum absolute atomic E-state index is 0.142. The molecule has 3 saturated heterocycles. The lowest BCUT2D eigenvalue weighted by Crippen LogP contribution is -2.54. The van der Waals surface area contributed by atoms with Crippen LogP contribution < -0.4 is 0 Å². The molecular formula is C51H82N4O6. The first kappa shape index (κ1) is 51.6. The van der Waals surface area contributed by atoms with Crippen LogP contribution in [0.15, 0.2) is 48.5 Å². The Morgan fingerprint density at radius 1 is 0.492 bits per heavy atom. The molecule has 342 valence electrons. The number of unbranched alkanes of at least 4 members (excludes halogenated alkanes) is 5. The molecule has 3 heterocycles. The summed E-state index contributed by atoms with van der Waals surface area (Å²) in [6.07, 6.45) is 16.0. The molecule has 61 heavy (non-hydrogen) atoms. The number of ether oxygens (including phenoxy) is 2. The molecule has 0 unspecified atom stereocenters. The summed E-state index contributed by atoms with van der Waals surface area (Å²) in [7, 11) is 0. The molecular weight excluding hydrogens is 765 g/mol. The highest BCUT2D eigenvalue weighted by atomic mass is 16.5. The summed E-state index contributed by atoms with van der Waals surface area (Å²) in [5, 5.41) is 0. The monoisotopic (exact) mass is 847 g/mol. The Kier molecular flexibility index (Phi) is 25.6. The van der Waals surface area contributed by atoms with Gasteiger partial charge in [0.2, 0.25) is 11.8 Å². The van der Waals surface area contributed by atoms with Gasteiger partial charge in [-0.15, -0.1) is 0 Å². The number of piperazine rings is 1. The lowest BCUT2D eigenvalue weighted by Gasteiger charge is -2.38. The lowest BCUT2D eigenvalue weighted by atomic mass is 9.94. The predicted octanol–water partition coefficient (Wildman–Crippen LogP) is 8.83. The van der Waals surface area contributed by atoms with Gasteiger partial charge in [0.25, 0.3) is 0 Å². The van der Waals surface area contributed by atoms with Crippen LogP contribution in [0.25, 0.3) is 0 Å². The summed E-state index contributed by atoms with van der Waals surface area (Å²) in [4.78, 5) is 58.8. The molecule has 10 nitrogen and oxygen atoms in total. The quantitative estimate of drug-likeness (QED) is 0.102. The van der Waals surface area contributed by atoms with Gasteiger partial charge >= 0.3 is 11.9 Å². The second-order valence-electron chi connectivity index (χ2n) is 17.6. The average molecular weight is 847 g/mol. The Morgan fingerprint density at radius 3 is 1.11 bits per heavy atom. The van der Waals surface area contributed by atoms with Crippen LogP contribution in [0.5, 0.6) is 0 Å². The Balaban J connectivity index is 0.000000799. The number of hydrogen-bond acceptors (Lipinski definition) is 8. The van der Waals surface area contributed by atoms with Crippen molar-refractivity contribution in [2.45, 2.75) is 138 Å². The molecule has 0 bridgehead atoms. The molecule has 0 radical (unpaired) electrons. The number of rotatable bonds is 19. The van der Waals surface area contributed by atoms with Crippen molar-refractivity contribution in [2.24, 2.45) is 11.8 Å². The first-order valence-electron chi connectivity index (χ1n) is 24.0. The summed E-state index contributed by atoms with van der Waals surface area (Å²) in [6.45, 7) is 20.5. The zero-order valence-electron chi connectivity index (χ0n) is 39.1. The second-order valence-corrected chi connectivity index (χ2v) is 17.6. The van der Waals surface area contributed by atoms with Crippen LogP contribution >= 0.6 is 0 Å². The van der Waals surface area contributed by atoms with E-state index in [9.17, 15) is 19.2 Å². The fourth-order valence-corrected chi connectivity index (χ4v) is 8.03. The number of carbonyl (C=O) groups excluding carboxylic acids is 4. The summed E-state index contributed by atoms with van der Waals surface area (Å²) in [6, 6.07) is 15.9. The van der Waals surface area contributed by atoms with Gasteiger partial charge in [-0.05, 0) is 102 Å². The van der Waals surface area contributed by atoms with Crippen molar-refractivity contribution in [3.05, 3.63) is 70.8 Å². The lowest BCUT2D eigenvalue weighted by molar-refractivity contribution is -0.144. The van der Waals surface area contributed by atoms with Crippen molar-refractivity contribution in [3.8, 4) is 0 Å². The van der Waals surface area contributed by atoms with Crippen LogP contribution in [-0.4, -0.2) is 122 Å². The molecule has 0 aromatic heterocycles. The summed E-state index contributed by atoms with van der Waals surface area (Å²) >= 11 is 0. The van der Waals surface area contributed by atoms with Crippen LogP contribution in [0.2, 0.25) is 0 Å². The van der Waals surface area contributed by atoms with Gasteiger partial charge < -0.3 is 19.3 Å². The van der Waals surface area contributed by atoms with E-state index in [1.807, 2.05) is 72.2 Å². The maximum atomic E-state index is 13.1. The Labute approximate surface area is 370 Å². The third-order valence-electron chi connectivity index (χ3n) is 12.3. The summed E-state index contributed by atoms with van der Waals surface area (Å²) in [5.41, 5.74) is 4.30. The van der Waals surface area contributed by atoms with E-state index in [4.69, 9.17) is 9.47 Å². The van der Waals surface area contributed by atoms with E-state index in [-0.39, 0.29) is 23.8 Å². The van der Waals surface area contributed by atoms with Gasteiger partial charge in [-0.3, -0.25) is 29.0 Å². The van der Waals surface area contributed by atoms with Crippen molar-refractivity contribution >= 4 is 23.8 Å². The van der Waals surface area contributed by atoms with Gasteiger partial charge in [-0.1, -0.05) is 132 Å². The fourth-order valence-electron chi connectivity index (χ4n) is 8.03. The molecule has 5 rings (SSSR count). The molecule has 0 N–H and O–H groups in total. The van der Waals surface area contributed by atoms with Gasteiger partial charge in [0.15, 0.2) is 0 Å². The second kappa shape index (κ2) is 30.3. The number of nitrogens with zero attached hydrogens (tertiary/aromatic N) is 4. The van der Waals surface area contributed by atoms with Crippen molar-refractivity contribution in [1.29, 1.82) is 0 Å². The number of esters is 2. The first-order chi connectivity index (χ1) is 29.5. The molecule has 2 amide bonds. The predicted molar refractivity (Wildman–Crippen MR) is 247 cm³/mol. The molecule has 2 aromatic carbocycles. The highest BCUT2D eigenvalue weighted by Crippen LogP contribution is 2.22. The number of aryl methyl sites for hydroxylation is 2. The molecule has 10 heteroatoms. The van der Waals surface area contributed by atoms with Crippen LogP contribution in [0.1, 0.15) is 133 Å². The maximum Gasteiger partial charge on any atom is 0.310 e. The first-order valence-corrected chi connectivity index (χ1v) is 24.0. The van der Waals surface area contributed by atoms with Gasteiger partial charge in [0, 0.05) is 26.2 Å². The van der Waals surface area contributed by atoms with Crippen LogP contribution in [0.3, 0.4) is 0 Å². The van der Waals surface area contributed by atoms with E-state index in [2.05, 4.69) is 37.5 Å². The number of amides is 2. The average Bonchev–Trinajstić information content (AvgIpc) is 3.26. The van der Waals surface area contributed by atoms with E-state index in [0.29, 0.717) is 77.2 Å². The maximum absolute atomic E-state index is 13.1. The topological polar surface area (TPSA) is 99.7 Å². The molecule has 0 saturated carbocycles. The highest BCUT2D eigenvalue weighted by Gasteiger charge is 2.29. The van der Waals surface area contributed by atoms with Crippen LogP contribution in [0.4, 0.5) is 0 Å².